The number of rotatable bonds is 4. The van der Waals surface area contributed by atoms with Crippen molar-refractivity contribution in [2.75, 3.05) is 24.5 Å². The van der Waals surface area contributed by atoms with Crippen molar-refractivity contribution in [3.8, 4) is 6.07 Å². The van der Waals surface area contributed by atoms with E-state index in [1.165, 1.54) is 4.90 Å². The summed E-state index contributed by atoms with van der Waals surface area (Å²) in [6, 6.07) is 3.75. The minimum Gasteiger partial charge on any atom is -0.366 e. The maximum atomic E-state index is 13.6. The maximum Gasteiger partial charge on any atom is 0.150 e. The molecule has 1 aromatic rings. The van der Waals surface area contributed by atoms with E-state index in [-0.39, 0.29) is 11.3 Å². The van der Waals surface area contributed by atoms with Crippen molar-refractivity contribution in [2.45, 2.75) is 6.92 Å². The lowest BCUT2D eigenvalue weighted by molar-refractivity contribution is 0.571. The van der Waals surface area contributed by atoms with Gasteiger partial charge >= 0.3 is 0 Å². The Hall–Kier alpha value is -1.67. The molecule has 0 aliphatic rings. The molecule has 0 saturated carbocycles. The van der Waals surface area contributed by atoms with Crippen LogP contribution < -0.4 is 10.6 Å². The van der Waals surface area contributed by atoms with Crippen molar-refractivity contribution < 1.29 is 8.78 Å². The van der Waals surface area contributed by atoms with Crippen LogP contribution in [0.4, 0.5) is 14.5 Å². The molecule has 0 atom stereocenters. The average Bonchev–Trinajstić information content (AvgIpc) is 2.26. The highest BCUT2D eigenvalue weighted by Gasteiger charge is 2.16. The van der Waals surface area contributed by atoms with Crippen molar-refractivity contribution in [3.05, 3.63) is 29.3 Å². The first-order valence-corrected chi connectivity index (χ1v) is 4.98. The zero-order chi connectivity index (χ0) is 12.1. The van der Waals surface area contributed by atoms with Crippen LogP contribution in [0.3, 0.4) is 0 Å². The number of nitrogens with two attached hydrogens (primary N) is 1. The Balaban J connectivity index is 3.18. The number of hydrogen-bond acceptors (Lipinski definition) is 3. The molecular formula is C11H13F2N3. The van der Waals surface area contributed by atoms with Crippen molar-refractivity contribution in [2.24, 2.45) is 5.73 Å². The largest absolute Gasteiger partial charge is 0.366 e. The molecule has 3 nitrogen and oxygen atoms in total. The van der Waals surface area contributed by atoms with E-state index in [1.54, 1.807) is 13.0 Å². The SMILES string of the molecule is CCN(CCN)c1c(F)cc(C#N)cc1F. The van der Waals surface area contributed by atoms with Crippen LogP contribution in [0, 0.1) is 23.0 Å². The van der Waals surface area contributed by atoms with Crippen LogP contribution in [-0.2, 0) is 0 Å². The summed E-state index contributed by atoms with van der Waals surface area (Å²) in [5.74, 6) is -1.46. The van der Waals surface area contributed by atoms with Crippen LogP contribution in [0.25, 0.3) is 0 Å². The number of benzene rings is 1. The van der Waals surface area contributed by atoms with Gasteiger partial charge in [-0.25, -0.2) is 8.78 Å². The standard InChI is InChI=1S/C11H13F2N3/c1-2-16(4-3-14)11-9(12)5-8(7-15)6-10(11)13/h5-6H,2-4,14H2,1H3. The van der Waals surface area contributed by atoms with E-state index in [4.69, 9.17) is 11.0 Å². The molecule has 0 unspecified atom stereocenters. The lowest BCUT2D eigenvalue weighted by Gasteiger charge is -2.23. The molecule has 0 amide bonds. The first kappa shape index (κ1) is 12.4. The third kappa shape index (κ3) is 2.47. The number of halogens is 2. The lowest BCUT2D eigenvalue weighted by Crippen LogP contribution is -2.30. The summed E-state index contributed by atoms with van der Waals surface area (Å²) in [7, 11) is 0. The predicted octanol–water partition coefficient (Wildman–Crippen LogP) is 1.62. The van der Waals surface area contributed by atoms with E-state index in [0.717, 1.165) is 12.1 Å². The average molecular weight is 225 g/mol. The van der Waals surface area contributed by atoms with Gasteiger partial charge in [0.25, 0.3) is 0 Å². The Labute approximate surface area is 93.1 Å². The van der Waals surface area contributed by atoms with Gasteiger partial charge in [0.2, 0.25) is 0 Å². The zero-order valence-corrected chi connectivity index (χ0v) is 9.00. The smallest absolute Gasteiger partial charge is 0.150 e. The third-order valence-corrected chi connectivity index (χ3v) is 2.24. The second kappa shape index (κ2) is 5.42. The predicted molar refractivity (Wildman–Crippen MR) is 58.0 cm³/mol. The van der Waals surface area contributed by atoms with Gasteiger partial charge in [-0.1, -0.05) is 0 Å². The number of nitrogens with zero attached hydrogens (tertiary/aromatic N) is 2. The van der Waals surface area contributed by atoms with Crippen LogP contribution in [0.15, 0.2) is 12.1 Å². The molecule has 2 N–H and O–H groups in total. The topological polar surface area (TPSA) is 53.0 Å². The molecule has 0 aromatic heterocycles. The van der Waals surface area contributed by atoms with E-state index in [9.17, 15) is 8.78 Å². The quantitative estimate of drug-likeness (QED) is 0.847. The fourth-order valence-electron chi connectivity index (χ4n) is 1.52. The fourth-order valence-corrected chi connectivity index (χ4v) is 1.52. The zero-order valence-electron chi connectivity index (χ0n) is 9.00. The van der Waals surface area contributed by atoms with Gasteiger partial charge in [-0.2, -0.15) is 5.26 Å². The Morgan fingerprint density at radius 3 is 2.31 bits per heavy atom. The van der Waals surface area contributed by atoms with Gasteiger partial charge in [0, 0.05) is 19.6 Å². The van der Waals surface area contributed by atoms with E-state index in [0.29, 0.717) is 19.6 Å². The van der Waals surface area contributed by atoms with Crippen LogP contribution in [0.2, 0.25) is 0 Å². The molecule has 0 heterocycles. The summed E-state index contributed by atoms with van der Waals surface area (Å²) in [6.07, 6.45) is 0. The second-order valence-corrected chi connectivity index (χ2v) is 3.27. The molecule has 0 spiro atoms. The van der Waals surface area contributed by atoms with Gasteiger partial charge in [-0.3, -0.25) is 0 Å². The van der Waals surface area contributed by atoms with Gasteiger partial charge in [0.1, 0.15) is 5.69 Å². The minimum absolute atomic E-state index is 0.0254. The number of likely N-dealkylation sites (N-methyl/N-ethyl adjacent to an activating group) is 1. The van der Waals surface area contributed by atoms with Crippen molar-refractivity contribution in [3.63, 3.8) is 0 Å². The van der Waals surface area contributed by atoms with Crippen LogP contribution in [-0.4, -0.2) is 19.6 Å². The summed E-state index contributed by atoms with van der Waals surface area (Å²) in [5, 5.41) is 8.56. The Morgan fingerprint density at radius 1 is 1.38 bits per heavy atom. The van der Waals surface area contributed by atoms with Crippen LogP contribution >= 0.6 is 0 Å². The molecule has 1 rings (SSSR count). The van der Waals surface area contributed by atoms with Crippen LogP contribution in [0.1, 0.15) is 12.5 Å². The Kier molecular flexibility index (Phi) is 4.20. The van der Waals surface area contributed by atoms with Gasteiger partial charge < -0.3 is 10.6 Å². The van der Waals surface area contributed by atoms with Gasteiger partial charge in [-0.05, 0) is 19.1 Å². The summed E-state index contributed by atoms with van der Waals surface area (Å²) < 4.78 is 27.2. The van der Waals surface area contributed by atoms with Gasteiger partial charge in [0.15, 0.2) is 11.6 Å². The monoisotopic (exact) mass is 225 g/mol. The molecular weight excluding hydrogens is 212 g/mol. The van der Waals surface area contributed by atoms with Crippen LogP contribution in [0.5, 0.6) is 0 Å². The molecule has 0 saturated heterocycles. The van der Waals surface area contributed by atoms with E-state index < -0.39 is 11.6 Å². The summed E-state index contributed by atoms with van der Waals surface area (Å²) in [6.45, 7) is 2.92. The highest BCUT2D eigenvalue weighted by atomic mass is 19.1. The van der Waals surface area contributed by atoms with E-state index in [2.05, 4.69) is 0 Å². The maximum absolute atomic E-state index is 13.6. The highest BCUT2D eigenvalue weighted by Crippen LogP contribution is 2.24. The normalized spacial score (nSPS) is 9.94. The molecule has 0 aliphatic heterocycles. The summed E-state index contributed by atoms with van der Waals surface area (Å²) >= 11 is 0. The number of nitriles is 1. The number of anilines is 1. The molecule has 16 heavy (non-hydrogen) atoms. The molecule has 0 radical (unpaired) electrons. The lowest BCUT2D eigenvalue weighted by atomic mass is 10.2. The van der Waals surface area contributed by atoms with Crippen molar-refractivity contribution in [1.82, 2.24) is 0 Å². The number of hydrogen-bond donors (Lipinski definition) is 1. The molecule has 0 bridgehead atoms. The minimum atomic E-state index is -0.730. The molecule has 86 valence electrons. The Morgan fingerprint density at radius 2 is 1.94 bits per heavy atom. The molecule has 1 aromatic carbocycles. The van der Waals surface area contributed by atoms with Crippen molar-refractivity contribution in [1.29, 1.82) is 5.26 Å². The van der Waals surface area contributed by atoms with Gasteiger partial charge in [-0.15, -0.1) is 0 Å². The fraction of sp³-hybridized carbons (Fsp3) is 0.364. The summed E-state index contributed by atoms with van der Waals surface area (Å²) in [4.78, 5) is 1.51. The van der Waals surface area contributed by atoms with E-state index >= 15 is 0 Å². The van der Waals surface area contributed by atoms with Crippen molar-refractivity contribution >= 4 is 5.69 Å². The molecule has 0 fully saturated rings. The van der Waals surface area contributed by atoms with Gasteiger partial charge in [0.05, 0.1) is 11.6 Å². The second-order valence-electron chi connectivity index (χ2n) is 3.27. The highest BCUT2D eigenvalue weighted by molar-refractivity contribution is 5.52. The molecule has 0 aliphatic carbocycles. The first-order valence-electron chi connectivity index (χ1n) is 4.98. The first-order chi connectivity index (χ1) is 7.63. The van der Waals surface area contributed by atoms with E-state index in [1.807, 2.05) is 0 Å². The summed E-state index contributed by atoms with van der Waals surface area (Å²) in [5.41, 5.74) is 5.22. The molecule has 5 heteroatoms. The third-order valence-electron chi connectivity index (χ3n) is 2.24. The Bertz CT molecular complexity index is 389.